The van der Waals surface area contributed by atoms with Crippen LogP contribution in [0.25, 0.3) is 32.3 Å². The summed E-state index contributed by atoms with van der Waals surface area (Å²) in [5, 5.41) is 6.14. The summed E-state index contributed by atoms with van der Waals surface area (Å²) in [5.74, 6) is 6.66. The van der Waals surface area contributed by atoms with Gasteiger partial charge in [-0.05, 0) is 114 Å². The third kappa shape index (κ3) is 25.0. The van der Waals surface area contributed by atoms with Gasteiger partial charge in [0.2, 0.25) is 0 Å². The smallest absolute Gasteiger partial charge is 0.311 e. The predicted molar refractivity (Wildman–Crippen MR) is 325 cm³/mol. The SMILES string of the molecule is C#CCCCCCCCCC(=O)Oc1cc2c3cc(OCCCCCCCC)c(OCCCCCCCC)cc3c3cc(OCCCCCCCC)c(OCCCCCCCC)cc3c2cc1OCCCCCCCC. The molecule has 4 aromatic carbocycles. The molecule has 7 heteroatoms. The molecule has 4 aromatic rings. The van der Waals surface area contributed by atoms with Gasteiger partial charge in [-0.3, -0.25) is 4.79 Å². The largest absolute Gasteiger partial charge is 0.490 e. The first-order valence-corrected chi connectivity index (χ1v) is 31.8. The van der Waals surface area contributed by atoms with E-state index in [-0.39, 0.29) is 5.97 Å². The highest BCUT2D eigenvalue weighted by Gasteiger charge is 2.22. The Kier molecular flexibility index (Phi) is 35.3. The average molecular weight is 1050 g/mol. The van der Waals surface area contributed by atoms with E-state index in [1.165, 1.54) is 128 Å². The Labute approximate surface area is 464 Å². The summed E-state index contributed by atoms with van der Waals surface area (Å²) in [6.45, 7) is 14.4. The number of hydrogen-bond donors (Lipinski definition) is 0. The molecular formula is C69H108O7. The Hall–Kier alpha value is -4.31. The monoisotopic (exact) mass is 1050 g/mol. The summed E-state index contributed by atoms with van der Waals surface area (Å²) < 4.78 is 40.2. The maximum Gasteiger partial charge on any atom is 0.311 e. The molecule has 0 radical (unpaired) electrons. The van der Waals surface area contributed by atoms with Crippen LogP contribution in [0.2, 0.25) is 0 Å². The molecule has 0 saturated carbocycles. The summed E-state index contributed by atoms with van der Waals surface area (Å²) in [5.41, 5.74) is 0. The first-order valence-electron chi connectivity index (χ1n) is 31.8. The summed E-state index contributed by atoms with van der Waals surface area (Å²) in [7, 11) is 0. The Balaban J connectivity index is 1.88. The molecule has 0 saturated heterocycles. The van der Waals surface area contributed by atoms with Gasteiger partial charge in [0.1, 0.15) is 0 Å². The number of rotatable bonds is 49. The van der Waals surface area contributed by atoms with Gasteiger partial charge in [-0.15, -0.1) is 12.3 Å². The van der Waals surface area contributed by atoms with Crippen molar-refractivity contribution in [3.05, 3.63) is 36.4 Å². The van der Waals surface area contributed by atoms with E-state index in [4.69, 9.17) is 34.8 Å². The van der Waals surface area contributed by atoms with Crippen molar-refractivity contribution in [1.29, 1.82) is 0 Å². The second-order valence-corrected chi connectivity index (χ2v) is 21.9. The number of fused-ring (bicyclic) bond motifs is 6. The van der Waals surface area contributed by atoms with Gasteiger partial charge in [-0.2, -0.15) is 0 Å². The number of hydrogen-bond acceptors (Lipinski definition) is 7. The lowest BCUT2D eigenvalue weighted by atomic mass is 9.93. The van der Waals surface area contributed by atoms with E-state index in [1.807, 2.05) is 0 Å². The quantitative estimate of drug-likeness (QED) is 0.0143. The normalized spacial score (nSPS) is 11.4. The van der Waals surface area contributed by atoms with E-state index >= 15 is 0 Å². The Morgan fingerprint density at radius 3 is 0.816 bits per heavy atom. The average Bonchev–Trinajstić information content (AvgIpc) is 3.47. The number of benzene rings is 4. The fourth-order valence-corrected chi connectivity index (χ4v) is 10.4. The lowest BCUT2D eigenvalue weighted by Gasteiger charge is -2.20. The third-order valence-corrected chi connectivity index (χ3v) is 15.1. The molecule has 7 nitrogen and oxygen atoms in total. The third-order valence-electron chi connectivity index (χ3n) is 15.1. The van der Waals surface area contributed by atoms with Crippen LogP contribution in [0.1, 0.15) is 279 Å². The van der Waals surface area contributed by atoms with Crippen LogP contribution in [0.3, 0.4) is 0 Å². The zero-order valence-corrected chi connectivity index (χ0v) is 49.3. The van der Waals surface area contributed by atoms with Gasteiger partial charge < -0.3 is 28.4 Å². The van der Waals surface area contributed by atoms with E-state index in [2.05, 4.69) is 76.9 Å². The number of ether oxygens (including phenoxy) is 6. The van der Waals surface area contributed by atoms with Crippen LogP contribution in [0, 0.1) is 12.3 Å². The molecule has 0 aromatic heterocycles. The molecule has 0 aliphatic carbocycles. The van der Waals surface area contributed by atoms with Crippen LogP contribution >= 0.6 is 0 Å². The van der Waals surface area contributed by atoms with Gasteiger partial charge in [0.25, 0.3) is 0 Å². The van der Waals surface area contributed by atoms with Crippen molar-refractivity contribution in [1.82, 2.24) is 0 Å². The van der Waals surface area contributed by atoms with E-state index in [1.54, 1.807) is 0 Å². The zero-order chi connectivity index (χ0) is 54.1. The summed E-state index contributed by atoms with van der Waals surface area (Å²) in [4.78, 5) is 13.8. The van der Waals surface area contributed by atoms with Gasteiger partial charge in [-0.25, -0.2) is 0 Å². The van der Waals surface area contributed by atoms with Gasteiger partial charge in [-0.1, -0.05) is 221 Å². The van der Waals surface area contributed by atoms with Crippen molar-refractivity contribution in [3.63, 3.8) is 0 Å². The van der Waals surface area contributed by atoms with Crippen molar-refractivity contribution < 1.29 is 33.2 Å². The second-order valence-electron chi connectivity index (χ2n) is 21.9. The van der Waals surface area contributed by atoms with Crippen molar-refractivity contribution in [2.24, 2.45) is 0 Å². The molecule has 426 valence electrons. The van der Waals surface area contributed by atoms with Crippen LogP contribution < -0.4 is 28.4 Å². The van der Waals surface area contributed by atoms with E-state index in [0.717, 1.165) is 164 Å². The van der Waals surface area contributed by atoms with Crippen LogP contribution in [0.5, 0.6) is 34.5 Å². The van der Waals surface area contributed by atoms with E-state index in [9.17, 15) is 4.79 Å². The summed E-state index contributed by atoms with van der Waals surface area (Å²) in [6, 6.07) is 13.0. The van der Waals surface area contributed by atoms with Gasteiger partial charge >= 0.3 is 5.97 Å². The van der Waals surface area contributed by atoms with E-state index < -0.39 is 0 Å². The Morgan fingerprint density at radius 1 is 0.316 bits per heavy atom. The Morgan fingerprint density at radius 2 is 0.539 bits per heavy atom. The summed E-state index contributed by atoms with van der Waals surface area (Å²) >= 11 is 0. The number of esters is 1. The molecule has 0 aliphatic rings. The first kappa shape index (κ1) is 64.2. The number of terminal acetylenes is 1. The highest BCUT2D eigenvalue weighted by molar-refractivity contribution is 6.27. The maximum absolute atomic E-state index is 13.8. The molecule has 4 rings (SSSR count). The van der Waals surface area contributed by atoms with Crippen molar-refractivity contribution >= 4 is 38.3 Å². The summed E-state index contributed by atoms with van der Waals surface area (Å²) in [6.07, 6.45) is 48.4. The van der Waals surface area contributed by atoms with Crippen molar-refractivity contribution in [2.75, 3.05) is 33.0 Å². The lowest BCUT2D eigenvalue weighted by Crippen LogP contribution is -2.09. The minimum Gasteiger partial charge on any atom is -0.490 e. The Bertz CT molecular complexity index is 2130. The second kappa shape index (κ2) is 41.7. The van der Waals surface area contributed by atoms with Gasteiger partial charge in [0.15, 0.2) is 34.5 Å². The zero-order valence-electron chi connectivity index (χ0n) is 49.3. The van der Waals surface area contributed by atoms with Crippen molar-refractivity contribution in [3.8, 4) is 46.8 Å². The lowest BCUT2D eigenvalue weighted by molar-refractivity contribution is -0.134. The number of carbonyl (C=O) groups excluding carboxylic acids is 1. The topological polar surface area (TPSA) is 72.5 Å². The van der Waals surface area contributed by atoms with Crippen molar-refractivity contribution in [2.45, 2.75) is 279 Å². The highest BCUT2D eigenvalue weighted by atomic mass is 16.6. The molecule has 0 aliphatic heterocycles. The molecule has 0 fully saturated rings. The predicted octanol–water partition coefficient (Wildman–Crippen LogP) is 21.5. The van der Waals surface area contributed by atoms with Crippen LogP contribution in [0.4, 0.5) is 0 Å². The number of carbonyl (C=O) groups is 1. The van der Waals surface area contributed by atoms with Crippen LogP contribution in [0.15, 0.2) is 36.4 Å². The first-order chi connectivity index (χ1) is 37.5. The fourth-order valence-electron chi connectivity index (χ4n) is 10.4. The number of unbranched alkanes of at least 4 members (excludes halogenated alkanes) is 31. The molecule has 0 bridgehead atoms. The van der Waals surface area contributed by atoms with Crippen LogP contribution in [-0.4, -0.2) is 39.0 Å². The molecule has 0 amide bonds. The molecule has 0 spiro atoms. The molecule has 76 heavy (non-hydrogen) atoms. The minimum atomic E-state index is -0.230. The van der Waals surface area contributed by atoms with Crippen LogP contribution in [-0.2, 0) is 4.79 Å². The minimum absolute atomic E-state index is 0.230. The standard InChI is InChI=1S/C69H108O7/c1-7-13-19-25-31-32-33-39-45-69(70)76-68-56-62-60-54-66(74-49-43-37-29-23-17-11-5)64(72-47-41-35-27-21-15-9-3)52-58(60)57-51-63(71-46-40-34-26-20-14-8-2)65(73-48-42-36-28-22-16-10-4)53-59(57)61(62)55-67(68)75-50-44-38-30-24-18-12-6/h1,51-56H,8-50H2,2-6H3. The molecule has 0 atom stereocenters. The maximum atomic E-state index is 13.8. The highest BCUT2D eigenvalue weighted by Crippen LogP contribution is 2.47. The fraction of sp³-hybridized carbons (Fsp3) is 0.696. The van der Waals surface area contributed by atoms with E-state index in [0.29, 0.717) is 51.0 Å². The molecule has 0 unspecified atom stereocenters. The molecule has 0 heterocycles. The molecular weight excluding hydrogens is 941 g/mol. The van der Waals surface area contributed by atoms with Gasteiger partial charge in [0.05, 0.1) is 33.0 Å². The molecule has 0 N–H and O–H groups in total. The van der Waals surface area contributed by atoms with Gasteiger partial charge in [0, 0.05) is 12.8 Å².